The van der Waals surface area contributed by atoms with Crippen molar-refractivity contribution in [1.29, 1.82) is 0 Å². The maximum Gasteiger partial charge on any atom is 0.250 e. The van der Waals surface area contributed by atoms with E-state index in [9.17, 15) is 4.79 Å². The van der Waals surface area contributed by atoms with E-state index in [4.69, 9.17) is 9.47 Å². The predicted octanol–water partition coefficient (Wildman–Crippen LogP) is 3.18. The van der Waals surface area contributed by atoms with Crippen LogP contribution >= 0.6 is 0 Å². The molecule has 4 rings (SSSR count). The second-order valence-electron chi connectivity index (χ2n) is 6.82. The number of aromatic nitrogens is 1. The third-order valence-electron chi connectivity index (χ3n) is 5.63. The Balaban J connectivity index is 1.83. The molecule has 1 amide bonds. The summed E-state index contributed by atoms with van der Waals surface area (Å²) in [4.78, 5) is 18.7. The van der Waals surface area contributed by atoms with Crippen LogP contribution in [0.2, 0.25) is 0 Å². The molecule has 1 fully saturated rings. The quantitative estimate of drug-likeness (QED) is 0.687. The summed E-state index contributed by atoms with van der Waals surface area (Å²) in [6, 6.07) is 8.41. The Kier molecular flexibility index (Phi) is 4.13. The van der Waals surface area contributed by atoms with Crippen molar-refractivity contribution in [2.45, 2.75) is 32.1 Å². The molecule has 1 N–H and O–H groups in total. The largest absolute Gasteiger partial charge is 0.358 e. The lowest BCUT2D eigenvalue weighted by Crippen LogP contribution is -2.49. The summed E-state index contributed by atoms with van der Waals surface area (Å²) >= 11 is 0. The highest BCUT2D eigenvalue weighted by molar-refractivity contribution is 5.97. The number of hydrogen-bond donors (Lipinski definition) is 1. The van der Waals surface area contributed by atoms with Crippen LogP contribution in [0.25, 0.3) is 10.9 Å². The molecule has 1 aromatic heterocycles. The maximum atomic E-state index is 13.1. The third kappa shape index (κ3) is 2.50. The molecule has 2 aliphatic rings. The van der Waals surface area contributed by atoms with E-state index in [-0.39, 0.29) is 17.9 Å². The van der Waals surface area contributed by atoms with Crippen LogP contribution < -0.4 is 0 Å². The Morgan fingerprint density at radius 2 is 2.08 bits per heavy atom. The number of likely N-dealkylation sites (tertiary alicyclic amines) is 1. The van der Waals surface area contributed by atoms with Crippen molar-refractivity contribution in [1.82, 2.24) is 9.88 Å². The molecule has 5 nitrogen and oxygen atoms in total. The van der Waals surface area contributed by atoms with E-state index in [1.807, 2.05) is 24.0 Å². The average molecular weight is 340 g/mol. The standard InChI is InChI=1S/C20H24N2O3/c1-4-13-12-9-16-19(14-7-5-6-8-15(14)21-16)17(10-12)22(20(13)23)11-18(24-2)25-3/h4-8,12,17-18,21H,9-11H2,1-3H3/b13-4+/t12-,17-/m0/s1. The van der Waals surface area contributed by atoms with Gasteiger partial charge >= 0.3 is 0 Å². The third-order valence-corrected chi connectivity index (χ3v) is 5.63. The highest BCUT2D eigenvalue weighted by Gasteiger charge is 2.44. The summed E-state index contributed by atoms with van der Waals surface area (Å²) in [7, 11) is 3.22. The average Bonchev–Trinajstić information content (AvgIpc) is 3.00. The van der Waals surface area contributed by atoms with E-state index < -0.39 is 6.29 Å². The van der Waals surface area contributed by atoms with E-state index in [1.54, 1.807) is 14.2 Å². The van der Waals surface area contributed by atoms with E-state index in [1.165, 1.54) is 16.6 Å². The number of para-hydroxylation sites is 1. The molecule has 2 atom stereocenters. The van der Waals surface area contributed by atoms with Gasteiger partial charge in [0.25, 0.3) is 0 Å². The van der Waals surface area contributed by atoms with Gasteiger partial charge in [-0.15, -0.1) is 0 Å². The summed E-state index contributed by atoms with van der Waals surface area (Å²) in [5, 5.41) is 1.22. The molecule has 1 aromatic carbocycles. The van der Waals surface area contributed by atoms with Gasteiger partial charge in [-0.25, -0.2) is 0 Å². The number of piperidine rings is 1. The van der Waals surface area contributed by atoms with Gasteiger partial charge in [-0.05, 0) is 31.7 Å². The van der Waals surface area contributed by atoms with Gasteiger partial charge in [0.15, 0.2) is 6.29 Å². The van der Waals surface area contributed by atoms with Crippen molar-refractivity contribution in [3.8, 4) is 0 Å². The second-order valence-corrected chi connectivity index (χ2v) is 6.82. The smallest absolute Gasteiger partial charge is 0.250 e. The number of ether oxygens (including phenoxy) is 2. The SMILES string of the molecule is C/C=C1/C(=O)N(CC(OC)OC)[C@H]2C[C@@H]1Cc1[nH]c3ccccc3c12. The molecule has 2 bridgehead atoms. The number of rotatable bonds is 4. The minimum atomic E-state index is -0.422. The minimum absolute atomic E-state index is 0.0638. The lowest BCUT2D eigenvalue weighted by atomic mass is 9.74. The van der Waals surface area contributed by atoms with Gasteiger partial charge in [0.1, 0.15) is 0 Å². The molecule has 1 aliphatic carbocycles. The van der Waals surface area contributed by atoms with Gasteiger partial charge < -0.3 is 19.4 Å². The number of amides is 1. The summed E-state index contributed by atoms with van der Waals surface area (Å²) in [6.07, 6.45) is 3.41. The number of methoxy groups -OCH3 is 2. The highest BCUT2D eigenvalue weighted by atomic mass is 16.7. The van der Waals surface area contributed by atoms with Crippen molar-refractivity contribution < 1.29 is 14.3 Å². The summed E-state index contributed by atoms with van der Waals surface area (Å²) < 4.78 is 10.7. The van der Waals surface area contributed by atoms with Crippen molar-refractivity contribution in [3.63, 3.8) is 0 Å². The first-order chi connectivity index (χ1) is 12.2. The van der Waals surface area contributed by atoms with Crippen molar-refractivity contribution in [3.05, 3.63) is 47.2 Å². The molecule has 0 spiro atoms. The number of nitrogens with zero attached hydrogens (tertiary/aromatic N) is 1. The van der Waals surface area contributed by atoms with Gasteiger partial charge in [0, 0.05) is 42.0 Å². The molecule has 1 aliphatic heterocycles. The van der Waals surface area contributed by atoms with E-state index >= 15 is 0 Å². The molecule has 0 unspecified atom stereocenters. The van der Waals surface area contributed by atoms with Crippen LogP contribution in [0.4, 0.5) is 0 Å². The van der Waals surface area contributed by atoms with Crippen LogP contribution in [0.1, 0.15) is 30.6 Å². The van der Waals surface area contributed by atoms with Crippen LogP contribution in [0.3, 0.4) is 0 Å². The van der Waals surface area contributed by atoms with E-state index in [0.717, 1.165) is 23.9 Å². The molecule has 5 heteroatoms. The molecular weight excluding hydrogens is 316 g/mol. The molecule has 0 saturated carbocycles. The number of carbonyl (C=O) groups excluding carboxylic acids is 1. The molecule has 1 saturated heterocycles. The van der Waals surface area contributed by atoms with Crippen LogP contribution in [-0.4, -0.2) is 42.8 Å². The first-order valence-electron chi connectivity index (χ1n) is 8.80. The van der Waals surface area contributed by atoms with Gasteiger partial charge in [-0.1, -0.05) is 24.3 Å². The number of nitrogens with one attached hydrogen (secondary N) is 1. The summed E-state index contributed by atoms with van der Waals surface area (Å²) in [5.41, 5.74) is 4.57. The second kappa shape index (κ2) is 6.32. The molecule has 2 aromatic rings. The normalized spacial score (nSPS) is 24.4. The fourth-order valence-electron chi connectivity index (χ4n) is 4.46. The van der Waals surface area contributed by atoms with Gasteiger partial charge in [-0.3, -0.25) is 4.79 Å². The van der Waals surface area contributed by atoms with Crippen molar-refractivity contribution in [2.75, 3.05) is 20.8 Å². The Morgan fingerprint density at radius 3 is 2.80 bits per heavy atom. The predicted molar refractivity (Wildman–Crippen MR) is 96.1 cm³/mol. The summed E-state index contributed by atoms with van der Waals surface area (Å²) in [5.74, 6) is 0.390. The number of fused-ring (bicyclic) bond motifs is 6. The molecule has 0 radical (unpaired) electrons. The molecule has 25 heavy (non-hydrogen) atoms. The topological polar surface area (TPSA) is 54.6 Å². The van der Waals surface area contributed by atoms with E-state index in [0.29, 0.717) is 6.54 Å². The number of benzene rings is 1. The number of allylic oxidation sites excluding steroid dienone is 1. The van der Waals surface area contributed by atoms with Crippen LogP contribution in [-0.2, 0) is 20.7 Å². The fraction of sp³-hybridized carbons (Fsp3) is 0.450. The fourth-order valence-corrected chi connectivity index (χ4v) is 4.46. The number of hydrogen-bond acceptors (Lipinski definition) is 3. The van der Waals surface area contributed by atoms with Gasteiger partial charge in [-0.2, -0.15) is 0 Å². The Hall–Kier alpha value is -2.11. The zero-order chi connectivity index (χ0) is 17.6. The monoisotopic (exact) mass is 340 g/mol. The number of carbonyl (C=O) groups is 1. The first kappa shape index (κ1) is 16.4. The lowest BCUT2D eigenvalue weighted by molar-refractivity contribution is -0.150. The van der Waals surface area contributed by atoms with Crippen molar-refractivity contribution in [2.24, 2.45) is 5.92 Å². The zero-order valence-corrected chi connectivity index (χ0v) is 14.9. The minimum Gasteiger partial charge on any atom is -0.358 e. The van der Waals surface area contributed by atoms with Crippen LogP contribution in [0.15, 0.2) is 35.9 Å². The van der Waals surface area contributed by atoms with Gasteiger partial charge in [0.2, 0.25) is 5.91 Å². The maximum absolute atomic E-state index is 13.1. The van der Waals surface area contributed by atoms with Crippen molar-refractivity contribution >= 4 is 16.8 Å². The Labute approximate surface area is 147 Å². The Bertz CT molecular complexity index is 835. The first-order valence-corrected chi connectivity index (χ1v) is 8.80. The molecule has 132 valence electrons. The van der Waals surface area contributed by atoms with Crippen LogP contribution in [0, 0.1) is 5.92 Å². The van der Waals surface area contributed by atoms with E-state index in [2.05, 4.69) is 23.2 Å². The summed E-state index contributed by atoms with van der Waals surface area (Å²) in [6.45, 7) is 2.39. The zero-order valence-electron chi connectivity index (χ0n) is 14.9. The lowest BCUT2D eigenvalue weighted by Gasteiger charge is -2.45. The molecule has 2 heterocycles. The molecular formula is C20H24N2O3. The number of aromatic amines is 1. The van der Waals surface area contributed by atoms with Crippen LogP contribution in [0.5, 0.6) is 0 Å². The Morgan fingerprint density at radius 1 is 1.32 bits per heavy atom. The number of H-pyrrole nitrogens is 1. The highest BCUT2D eigenvalue weighted by Crippen LogP contribution is 2.47. The van der Waals surface area contributed by atoms with Gasteiger partial charge in [0.05, 0.1) is 12.6 Å².